The summed E-state index contributed by atoms with van der Waals surface area (Å²) < 4.78 is 38.7. The van der Waals surface area contributed by atoms with Crippen molar-refractivity contribution in [3.05, 3.63) is 29.3 Å². The van der Waals surface area contributed by atoms with Gasteiger partial charge in [0.05, 0.1) is 5.56 Å². The third-order valence-corrected chi connectivity index (χ3v) is 3.58. The average molecular weight is 245 g/mol. The molecular formula is C12H14F3NO. The van der Waals surface area contributed by atoms with Gasteiger partial charge in [0.1, 0.15) is 5.75 Å². The number of nitrogens with two attached hydrogens (primary N) is 1. The van der Waals surface area contributed by atoms with Crippen LogP contribution in [0.2, 0.25) is 0 Å². The van der Waals surface area contributed by atoms with E-state index < -0.39 is 17.2 Å². The summed E-state index contributed by atoms with van der Waals surface area (Å²) in [5, 5.41) is 9.20. The van der Waals surface area contributed by atoms with Gasteiger partial charge < -0.3 is 10.8 Å². The molecule has 0 unspecified atom stereocenters. The lowest BCUT2D eigenvalue weighted by molar-refractivity contribution is -0.139. The van der Waals surface area contributed by atoms with E-state index in [0.29, 0.717) is 12.8 Å². The van der Waals surface area contributed by atoms with Crippen LogP contribution in [0.1, 0.15) is 30.4 Å². The number of hydrogen-bond donors (Lipinski definition) is 2. The highest BCUT2D eigenvalue weighted by molar-refractivity contribution is 5.43. The summed E-state index contributed by atoms with van der Waals surface area (Å²) in [5.74, 6) is -0.368. The molecule has 1 aliphatic carbocycles. The normalized spacial score (nSPS) is 18.8. The Bertz CT molecular complexity index is 419. The van der Waals surface area contributed by atoms with Crippen LogP contribution in [-0.4, -0.2) is 11.7 Å². The van der Waals surface area contributed by atoms with Crippen molar-refractivity contribution in [3.8, 4) is 5.75 Å². The van der Waals surface area contributed by atoms with E-state index in [1.54, 1.807) is 0 Å². The fraction of sp³-hybridized carbons (Fsp3) is 0.500. The van der Waals surface area contributed by atoms with Crippen molar-refractivity contribution in [2.45, 2.75) is 30.9 Å². The molecule has 0 saturated heterocycles. The predicted octanol–water partition coefficient (Wildman–Crippen LogP) is 2.79. The third kappa shape index (κ3) is 1.99. The molecule has 1 saturated carbocycles. The molecular weight excluding hydrogens is 231 g/mol. The molecule has 1 aromatic carbocycles. The first-order valence-corrected chi connectivity index (χ1v) is 5.50. The number of hydrogen-bond acceptors (Lipinski definition) is 2. The van der Waals surface area contributed by atoms with Crippen LogP contribution in [-0.2, 0) is 11.6 Å². The highest BCUT2D eigenvalue weighted by atomic mass is 19.4. The first kappa shape index (κ1) is 12.2. The van der Waals surface area contributed by atoms with Crippen LogP contribution in [0.3, 0.4) is 0 Å². The number of rotatable bonds is 2. The number of alkyl halides is 3. The van der Waals surface area contributed by atoms with Crippen molar-refractivity contribution in [3.63, 3.8) is 0 Å². The lowest BCUT2D eigenvalue weighted by Crippen LogP contribution is -2.42. The van der Waals surface area contributed by atoms with Crippen LogP contribution in [0.25, 0.3) is 0 Å². The maximum atomic E-state index is 12.9. The number of phenols is 1. The number of benzene rings is 1. The first-order valence-electron chi connectivity index (χ1n) is 5.50. The van der Waals surface area contributed by atoms with Crippen molar-refractivity contribution >= 4 is 0 Å². The second-order valence-corrected chi connectivity index (χ2v) is 4.57. The van der Waals surface area contributed by atoms with Gasteiger partial charge in [-0.3, -0.25) is 0 Å². The lowest BCUT2D eigenvalue weighted by atomic mass is 9.63. The molecule has 0 atom stereocenters. The van der Waals surface area contributed by atoms with Crippen molar-refractivity contribution in [2.75, 3.05) is 6.54 Å². The smallest absolute Gasteiger partial charge is 0.416 e. The highest BCUT2D eigenvalue weighted by Crippen LogP contribution is 2.48. The minimum absolute atomic E-state index is 0.209. The van der Waals surface area contributed by atoms with Crippen molar-refractivity contribution in [2.24, 2.45) is 5.73 Å². The lowest BCUT2D eigenvalue weighted by Gasteiger charge is -2.42. The van der Waals surface area contributed by atoms with Crippen LogP contribution >= 0.6 is 0 Å². The fourth-order valence-electron chi connectivity index (χ4n) is 2.42. The van der Waals surface area contributed by atoms with Crippen LogP contribution in [0.15, 0.2) is 18.2 Å². The number of halogens is 3. The minimum atomic E-state index is -4.45. The van der Waals surface area contributed by atoms with Gasteiger partial charge in [-0.05, 0) is 30.5 Å². The predicted molar refractivity (Wildman–Crippen MR) is 57.7 cm³/mol. The topological polar surface area (TPSA) is 46.2 Å². The zero-order valence-electron chi connectivity index (χ0n) is 9.22. The molecule has 1 aliphatic rings. The molecule has 0 heterocycles. The molecule has 0 amide bonds. The standard InChI is InChI=1S/C12H14F3NO/c13-12(14,15)10-6-8(17)2-3-9(10)11(7-16)4-1-5-11/h2-3,6,17H,1,4-5,7,16H2. The van der Waals surface area contributed by atoms with Crippen molar-refractivity contribution in [1.82, 2.24) is 0 Å². The summed E-state index contributed by atoms with van der Waals surface area (Å²) in [4.78, 5) is 0. The molecule has 1 aromatic rings. The number of phenolic OH excluding ortho intramolecular Hbond substituents is 1. The van der Waals surface area contributed by atoms with Gasteiger partial charge in [-0.1, -0.05) is 12.5 Å². The Labute approximate surface area is 97.2 Å². The van der Waals surface area contributed by atoms with E-state index in [1.165, 1.54) is 12.1 Å². The third-order valence-electron chi connectivity index (χ3n) is 3.58. The van der Waals surface area contributed by atoms with E-state index >= 15 is 0 Å². The molecule has 1 fully saturated rings. The molecule has 17 heavy (non-hydrogen) atoms. The Morgan fingerprint density at radius 3 is 2.35 bits per heavy atom. The molecule has 0 aliphatic heterocycles. The van der Waals surface area contributed by atoms with Gasteiger partial charge in [-0.15, -0.1) is 0 Å². The van der Waals surface area contributed by atoms with Gasteiger partial charge in [0.15, 0.2) is 0 Å². The summed E-state index contributed by atoms with van der Waals surface area (Å²) in [6, 6.07) is 3.43. The average Bonchev–Trinajstić information content (AvgIpc) is 2.17. The molecule has 2 nitrogen and oxygen atoms in total. The molecule has 94 valence electrons. The molecule has 2 rings (SSSR count). The summed E-state index contributed by atoms with van der Waals surface area (Å²) in [6.45, 7) is 0.209. The van der Waals surface area contributed by atoms with E-state index in [-0.39, 0.29) is 17.9 Å². The van der Waals surface area contributed by atoms with E-state index in [4.69, 9.17) is 5.73 Å². The van der Waals surface area contributed by atoms with Gasteiger partial charge >= 0.3 is 6.18 Å². The second kappa shape index (κ2) is 3.91. The Kier molecular flexibility index (Phi) is 2.81. The quantitative estimate of drug-likeness (QED) is 0.841. The SMILES string of the molecule is NCC1(c2ccc(O)cc2C(F)(F)F)CCC1. The monoisotopic (exact) mass is 245 g/mol. The molecule has 0 bridgehead atoms. The van der Waals surface area contributed by atoms with Crippen molar-refractivity contribution < 1.29 is 18.3 Å². The minimum Gasteiger partial charge on any atom is -0.508 e. The highest BCUT2D eigenvalue weighted by Gasteiger charge is 2.44. The van der Waals surface area contributed by atoms with E-state index in [1.807, 2.05) is 0 Å². The zero-order chi connectivity index (χ0) is 12.7. The molecule has 0 aromatic heterocycles. The molecule has 5 heteroatoms. The Morgan fingerprint density at radius 1 is 1.29 bits per heavy atom. The molecule has 3 N–H and O–H groups in total. The summed E-state index contributed by atoms with van der Waals surface area (Å²) in [6.07, 6.45) is -2.20. The maximum absolute atomic E-state index is 12.9. The van der Waals surface area contributed by atoms with Gasteiger partial charge in [0.2, 0.25) is 0 Å². The van der Waals surface area contributed by atoms with Crippen LogP contribution in [0.5, 0.6) is 5.75 Å². The summed E-state index contributed by atoms with van der Waals surface area (Å²) >= 11 is 0. The molecule has 0 spiro atoms. The maximum Gasteiger partial charge on any atom is 0.416 e. The summed E-state index contributed by atoms with van der Waals surface area (Å²) in [7, 11) is 0. The van der Waals surface area contributed by atoms with Crippen molar-refractivity contribution in [1.29, 1.82) is 0 Å². The van der Waals surface area contributed by atoms with E-state index in [0.717, 1.165) is 12.5 Å². The van der Waals surface area contributed by atoms with E-state index in [9.17, 15) is 18.3 Å². The van der Waals surface area contributed by atoms with E-state index in [2.05, 4.69) is 0 Å². The van der Waals surface area contributed by atoms with Gasteiger partial charge in [-0.2, -0.15) is 13.2 Å². The fourth-order valence-corrected chi connectivity index (χ4v) is 2.42. The van der Waals surface area contributed by atoms with Crippen LogP contribution in [0, 0.1) is 0 Å². The van der Waals surface area contributed by atoms with Gasteiger partial charge in [0, 0.05) is 12.0 Å². The Hall–Kier alpha value is -1.23. The van der Waals surface area contributed by atoms with Crippen LogP contribution in [0.4, 0.5) is 13.2 Å². The zero-order valence-corrected chi connectivity index (χ0v) is 9.22. The number of aromatic hydroxyl groups is 1. The molecule has 0 radical (unpaired) electrons. The Morgan fingerprint density at radius 2 is 1.94 bits per heavy atom. The van der Waals surface area contributed by atoms with Crippen LogP contribution < -0.4 is 5.73 Å². The van der Waals surface area contributed by atoms with Gasteiger partial charge in [0.25, 0.3) is 0 Å². The summed E-state index contributed by atoms with van der Waals surface area (Å²) in [5.41, 5.74) is 4.52. The first-order chi connectivity index (χ1) is 7.89. The second-order valence-electron chi connectivity index (χ2n) is 4.57. The Balaban J connectivity index is 2.53. The largest absolute Gasteiger partial charge is 0.508 e. The van der Waals surface area contributed by atoms with Gasteiger partial charge in [-0.25, -0.2) is 0 Å².